The van der Waals surface area contributed by atoms with Gasteiger partial charge < -0.3 is 19.6 Å². The summed E-state index contributed by atoms with van der Waals surface area (Å²) in [6.07, 6.45) is 18.0. The summed E-state index contributed by atoms with van der Waals surface area (Å²) < 4.78 is 6.67. The van der Waals surface area contributed by atoms with Crippen LogP contribution in [0, 0.1) is 0 Å². The monoisotopic (exact) mass is 816 g/mol. The third-order valence-corrected chi connectivity index (χ3v) is 11.2. The second-order valence-corrected chi connectivity index (χ2v) is 17.2. The van der Waals surface area contributed by atoms with Crippen LogP contribution in [0.4, 0.5) is 0 Å². The molecule has 3 fully saturated rings. The van der Waals surface area contributed by atoms with Gasteiger partial charge in [-0.25, -0.2) is 0 Å². The molecule has 9 rings (SSSR count). The average Bonchev–Trinajstić information content (AvgIpc) is 3.94. The molecule has 2 aromatic carbocycles. The molecule has 0 unspecified atom stereocenters. The lowest BCUT2D eigenvalue weighted by Gasteiger charge is -2.38. The molecule has 3 saturated heterocycles. The zero-order valence-electron chi connectivity index (χ0n) is 35.3. The molecule has 7 heterocycles. The van der Waals surface area contributed by atoms with E-state index in [4.69, 9.17) is 4.74 Å². The normalized spacial score (nSPS) is 21.0. The highest BCUT2D eigenvalue weighted by Crippen LogP contribution is 2.33. The van der Waals surface area contributed by atoms with Crippen molar-refractivity contribution in [3.63, 3.8) is 0 Å². The lowest BCUT2D eigenvalue weighted by molar-refractivity contribution is 0.0575. The van der Waals surface area contributed by atoms with Gasteiger partial charge in [0.2, 0.25) is 0 Å². The second-order valence-electron chi connectivity index (χ2n) is 17.2. The van der Waals surface area contributed by atoms with Gasteiger partial charge >= 0.3 is 0 Å². The van der Waals surface area contributed by atoms with Crippen LogP contribution in [-0.2, 0) is 11.3 Å². The van der Waals surface area contributed by atoms with Crippen molar-refractivity contribution in [2.75, 3.05) is 19.7 Å². The van der Waals surface area contributed by atoms with E-state index in [0.29, 0.717) is 48.1 Å². The van der Waals surface area contributed by atoms with Crippen LogP contribution >= 0.6 is 0 Å². The topological polar surface area (TPSA) is 181 Å². The molecule has 2 amide bonds. The summed E-state index contributed by atoms with van der Waals surface area (Å²) in [7, 11) is 0. The lowest BCUT2D eigenvalue weighted by atomic mass is 9.89. The number of aliphatic hydroxyl groups is 1. The molecule has 0 aliphatic carbocycles. The fourth-order valence-electron chi connectivity index (χ4n) is 7.67. The smallest absolute Gasteiger partial charge is 0.256 e. The summed E-state index contributed by atoms with van der Waals surface area (Å²) in [6.45, 7) is 14.6. The van der Waals surface area contributed by atoms with Gasteiger partial charge in [0.05, 0.1) is 84.0 Å². The van der Waals surface area contributed by atoms with E-state index in [9.17, 15) is 14.7 Å². The van der Waals surface area contributed by atoms with E-state index in [0.717, 1.165) is 43.4 Å². The molecule has 16 nitrogen and oxygen atoms in total. The highest BCUT2D eigenvalue weighted by Gasteiger charge is 2.34. The molecular formula is C44H56N12O4. The Morgan fingerprint density at radius 1 is 0.750 bits per heavy atom. The first-order chi connectivity index (χ1) is 28.8. The van der Waals surface area contributed by atoms with E-state index >= 15 is 0 Å². The Morgan fingerprint density at radius 2 is 1.22 bits per heavy atom. The summed E-state index contributed by atoms with van der Waals surface area (Å²) in [6, 6.07) is 15.3. The number of hydrogen-bond donors (Lipinski definition) is 2. The molecule has 60 heavy (non-hydrogen) atoms. The molecule has 3 aliphatic heterocycles. The third-order valence-electron chi connectivity index (χ3n) is 11.2. The number of benzene rings is 2. The van der Waals surface area contributed by atoms with Crippen molar-refractivity contribution in [1.82, 2.24) is 59.8 Å². The van der Waals surface area contributed by atoms with Crippen LogP contribution in [0.5, 0.6) is 0 Å². The van der Waals surface area contributed by atoms with E-state index < -0.39 is 5.60 Å². The third kappa shape index (κ3) is 10.4. The van der Waals surface area contributed by atoms with Crippen LogP contribution in [0.25, 0.3) is 11.4 Å². The van der Waals surface area contributed by atoms with Crippen molar-refractivity contribution in [2.24, 2.45) is 0 Å². The predicted molar refractivity (Wildman–Crippen MR) is 225 cm³/mol. The maximum Gasteiger partial charge on any atom is 0.256 e. The number of nitrogens with zero attached hydrogens (tertiary/aromatic N) is 11. The van der Waals surface area contributed by atoms with Crippen LogP contribution in [0.1, 0.15) is 111 Å². The van der Waals surface area contributed by atoms with Crippen LogP contribution in [0.2, 0.25) is 0 Å². The van der Waals surface area contributed by atoms with Gasteiger partial charge in [0.1, 0.15) is 0 Å². The first kappa shape index (κ1) is 42.1. The molecule has 0 spiro atoms. The largest absolute Gasteiger partial charge is 0.389 e. The van der Waals surface area contributed by atoms with Crippen LogP contribution in [0.3, 0.4) is 0 Å². The fraction of sp³-hybridized carbons (Fsp3) is 0.455. The number of nitrogens with one attached hydrogen (secondary N) is 1. The van der Waals surface area contributed by atoms with E-state index in [1.54, 1.807) is 43.3 Å². The Kier molecular flexibility index (Phi) is 12.7. The van der Waals surface area contributed by atoms with E-state index in [1.165, 1.54) is 9.59 Å². The number of aromatic amines is 1. The van der Waals surface area contributed by atoms with Crippen molar-refractivity contribution >= 4 is 11.8 Å². The van der Waals surface area contributed by atoms with E-state index in [1.807, 2.05) is 83.1 Å². The Hall–Kier alpha value is -6.00. The Labute approximate surface area is 350 Å². The van der Waals surface area contributed by atoms with Crippen LogP contribution < -0.4 is 0 Å². The summed E-state index contributed by atoms with van der Waals surface area (Å²) in [4.78, 5) is 33.7. The standard InChI is InChI=1S/C22H28N6O2.C18H20N6O.C4H8O/c1-16-8-9-17(18-12-25-26(13-18)15-22(2,3)30)14-27(16)21(29)19-6-4-5-7-20(19)28-23-10-11-24-28;1-13-6-7-14(15-10-19-20-11-15)12-23(13)18(25)16-4-2-3-5-17(16)24-21-8-9-22-24;1-4(2)3-5-4/h4-7,10-13,16-17,30H,8-9,14-15H2,1-3H3;2-5,8-11,13-14H,6-7,12H2,1H3,(H,19,20);3H2,1-2H3/t16-,17-;13-,14-;/m11./s1. The molecule has 4 atom stereocenters. The van der Waals surface area contributed by atoms with Gasteiger partial charge in [-0.1, -0.05) is 24.3 Å². The van der Waals surface area contributed by atoms with Crippen molar-refractivity contribution < 1.29 is 19.4 Å². The number of epoxide rings is 1. The Balaban J connectivity index is 0.000000164. The molecule has 0 bridgehead atoms. The maximum atomic E-state index is 13.5. The summed E-state index contributed by atoms with van der Waals surface area (Å²) in [5.74, 6) is 0.544. The van der Waals surface area contributed by atoms with Crippen molar-refractivity contribution in [1.29, 1.82) is 0 Å². The number of piperidine rings is 2. The van der Waals surface area contributed by atoms with Crippen molar-refractivity contribution in [2.45, 2.75) is 109 Å². The number of H-pyrrole nitrogens is 1. The number of likely N-dealkylation sites (tertiary alicyclic amines) is 2. The number of amides is 2. The van der Waals surface area contributed by atoms with Gasteiger partial charge in [-0.2, -0.15) is 40.2 Å². The van der Waals surface area contributed by atoms with Crippen molar-refractivity contribution in [3.8, 4) is 11.4 Å². The predicted octanol–water partition coefficient (Wildman–Crippen LogP) is 5.84. The maximum absolute atomic E-state index is 13.5. The number of rotatable bonds is 8. The Bertz CT molecular complexity index is 2290. The van der Waals surface area contributed by atoms with Gasteiger partial charge in [-0.05, 0) is 103 Å². The minimum Gasteiger partial charge on any atom is -0.389 e. The Morgan fingerprint density at radius 3 is 1.65 bits per heavy atom. The molecule has 316 valence electrons. The molecule has 0 saturated carbocycles. The van der Waals surface area contributed by atoms with Gasteiger partial charge in [-0.15, -0.1) is 0 Å². The summed E-state index contributed by atoms with van der Waals surface area (Å²) in [5, 5.41) is 38.1. The number of para-hydroxylation sites is 2. The number of aromatic nitrogens is 10. The average molecular weight is 817 g/mol. The molecule has 4 aromatic heterocycles. The zero-order valence-corrected chi connectivity index (χ0v) is 35.3. The van der Waals surface area contributed by atoms with E-state index in [-0.39, 0.29) is 35.4 Å². The SMILES string of the molecule is CC1(C)CO1.C[C@@H]1CC[C@@H](c2cn[nH]c2)CN1C(=O)c1ccccc1-n1nccn1.C[C@@H]1CC[C@@H](c2cnn(CC(C)(C)O)c2)CN1C(=O)c1ccccc1-n1nccn1. The number of carbonyl (C=O) groups is 2. The van der Waals surface area contributed by atoms with Crippen LogP contribution in [0.15, 0.2) is 98.1 Å². The fourth-order valence-corrected chi connectivity index (χ4v) is 7.67. The highest BCUT2D eigenvalue weighted by atomic mass is 16.6. The highest BCUT2D eigenvalue weighted by molar-refractivity contribution is 5.98. The number of hydrogen-bond acceptors (Lipinski definition) is 10. The van der Waals surface area contributed by atoms with Crippen LogP contribution in [-0.4, -0.2) is 120 Å². The first-order valence-electron chi connectivity index (χ1n) is 20.7. The lowest BCUT2D eigenvalue weighted by Crippen LogP contribution is -2.45. The zero-order chi connectivity index (χ0) is 42.4. The van der Waals surface area contributed by atoms with Gasteiger partial charge in [0, 0.05) is 49.4 Å². The second kappa shape index (κ2) is 18.1. The molecular weight excluding hydrogens is 761 g/mol. The van der Waals surface area contributed by atoms with Gasteiger partial charge in [0.25, 0.3) is 11.8 Å². The summed E-state index contributed by atoms with van der Waals surface area (Å²) >= 11 is 0. The molecule has 0 radical (unpaired) electrons. The van der Waals surface area contributed by atoms with Gasteiger partial charge in [-0.3, -0.25) is 19.4 Å². The number of carbonyl (C=O) groups excluding carboxylic acids is 2. The first-order valence-corrected chi connectivity index (χ1v) is 20.7. The number of ether oxygens (including phenoxy) is 1. The molecule has 6 aromatic rings. The quantitative estimate of drug-likeness (QED) is 0.177. The molecule has 16 heteroatoms. The van der Waals surface area contributed by atoms with E-state index in [2.05, 4.69) is 63.4 Å². The van der Waals surface area contributed by atoms with Crippen molar-refractivity contribution in [3.05, 3.63) is 120 Å². The van der Waals surface area contributed by atoms with Gasteiger partial charge in [0.15, 0.2) is 0 Å². The minimum atomic E-state index is -0.823. The molecule has 2 N–H and O–H groups in total. The minimum absolute atomic E-state index is 0.0102. The molecule has 3 aliphatic rings. The summed E-state index contributed by atoms with van der Waals surface area (Å²) in [5.41, 5.74) is 4.29.